The summed E-state index contributed by atoms with van der Waals surface area (Å²) in [5, 5.41) is 2.64. The van der Waals surface area contributed by atoms with Gasteiger partial charge in [0.05, 0.1) is 32.0 Å². The van der Waals surface area contributed by atoms with Gasteiger partial charge in [-0.25, -0.2) is 9.37 Å². The normalized spacial score (nSPS) is 10.8. The van der Waals surface area contributed by atoms with E-state index in [0.29, 0.717) is 30.3 Å². The molecular weight excluding hydrogens is 431 g/mol. The fourth-order valence-electron chi connectivity index (χ4n) is 3.24. The van der Waals surface area contributed by atoms with E-state index in [-0.39, 0.29) is 24.0 Å². The topological polar surface area (TPSA) is 60.9 Å². The molecule has 0 aliphatic rings. The number of carbonyl (C=O) groups excluding carboxylic acids is 1. The number of thiazole rings is 1. The van der Waals surface area contributed by atoms with Crippen molar-refractivity contribution in [2.24, 2.45) is 5.92 Å². The molecule has 2 aromatic carbocycles. The molecule has 0 radical (unpaired) electrons. The molecule has 0 saturated heterocycles. The van der Waals surface area contributed by atoms with Gasteiger partial charge in [-0.2, -0.15) is 0 Å². The van der Waals surface area contributed by atoms with Crippen molar-refractivity contribution in [3.8, 4) is 17.2 Å². The Bertz CT molecular complexity index is 1030. The number of amides is 1. The molecule has 0 saturated carbocycles. The highest BCUT2D eigenvalue weighted by molar-refractivity contribution is 7.09. The van der Waals surface area contributed by atoms with E-state index in [1.165, 1.54) is 23.5 Å². The lowest BCUT2D eigenvalue weighted by atomic mass is 10.1. The van der Waals surface area contributed by atoms with Crippen LogP contribution in [0, 0.1) is 11.7 Å². The van der Waals surface area contributed by atoms with Crippen LogP contribution >= 0.6 is 11.3 Å². The van der Waals surface area contributed by atoms with Crippen LogP contribution in [0.1, 0.15) is 34.9 Å². The Morgan fingerprint density at radius 2 is 1.78 bits per heavy atom. The van der Waals surface area contributed by atoms with Crippen LogP contribution in [0.3, 0.4) is 0 Å². The summed E-state index contributed by atoms with van der Waals surface area (Å²) in [6.07, 6.45) is 0. The molecule has 1 heterocycles. The van der Waals surface area contributed by atoms with Gasteiger partial charge in [-0.1, -0.05) is 32.0 Å². The molecule has 3 aromatic rings. The third-order valence-corrected chi connectivity index (χ3v) is 5.52. The number of rotatable bonds is 10. The van der Waals surface area contributed by atoms with Gasteiger partial charge in [0.2, 0.25) is 5.75 Å². The van der Waals surface area contributed by atoms with Gasteiger partial charge in [0.15, 0.2) is 11.5 Å². The van der Waals surface area contributed by atoms with Gasteiger partial charge in [-0.3, -0.25) is 4.79 Å². The quantitative estimate of drug-likeness (QED) is 0.419. The molecule has 0 atom stereocenters. The maximum Gasteiger partial charge on any atom is 0.257 e. The first-order valence-corrected chi connectivity index (χ1v) is 11.1. The lowest BCUT2D eigenvalue weighted by Crippen LogP contribution is -2.34. The van der Waals surface area contributed by atoms with Crippen molar-refractivity contribution in [3.05, 3.63) is 69.9 Å². The van der Waals surface area contributed by atoms with Crippen LogP contribution in [-0.2, 0) is 13.2 Å². The Kier molecular flexibility index (Phi) is 8.05. The molecule has 0 N–H and O–H groups in total. The van der Waals surface area contributed by atoms with Crippen molar-refractivity contribution in [2.45, 2.75) is 27.0 Å². The average Bonchev–Trinajstić information content (AvgIpc) is 3.23. The second-order valence-electron chi connectivity index (χ2n) is 7.57. The average molecular weight is 459 g/mol. The third kappa shape index (κ3) is 5.76. The number of carbonyl (C=O) groups is 1. The predicted molar refractivity (Wildman–Crippen MR) is 122 cm³/mol. The number of para-hydroxylation sites is 1. The molecule has 8 heteroatoms. The van der Waals surface area contributed by atoms with Gasteiger partial charge in [0.1, 0.15) is 17.4 Å². The zero-order valence-electron chi connectivity index (χ0n) is 18.6. The van der Waals surface area contributed by atoms with Crippen LogP contribution in [0.15, 0.2) is 47.8 Å². The summed E-state index contributed by atoms with van der Waals surface area (Å²) in [5.41, 5.74) is 0.793. The standard InChI is InChI=1S/C24H27FN2O4S/c1-16(2)12-27(24(28)18-8-5-6-9-19(18)25)13-17-15-32-22(26-17)14-31-23-20(29-3)10-7-11-21(23)30-4/h5-11,15-16H,12-14H2,1-4H3. The van der Waals surface area contributed by atoms with Crippen LogP contribution in [0.2, 0.25) is 0 Å². The largest absolute Gasteiger partial charge is 0.493 e. The van der Waals surface area contributed by atoms with Crippen LogP contribution in [-0.4, -0.2) is 36.6 Å². The van der Waals surface area contributed by atoms with Gasteiger partial charge in [0, 0.05) is 11.9 Å². The number of ether oxygens (including phenoxy) is 3. The van der Waals surface area contributed by atoms with Crippen LogP contribution in [0.25, 0.3) is 0 Å². The van der Waals surface area contributed by atoms with Crippen molar-refractivity contribution < 1.29 is 23.4 Å². The van der Waals surface area contributed by atoms with Crippen molar-refractivity contribution in [2.75, 3.05) is 20.8 Å². The van der Waals surface area contributed by atoms with Crippen molar-refractivity contribution in [1.82, 2.24) is 9.88 Å². The molecule has 3 rings (SSSR count). The summed E-state index contributed by atoms with van der Waals surface area (Å²) in [6, 6.07) is 11.4. The molecular formula is C24H27FN2O4S. The summed E-state index contributed by atoms with van der Waals surface area (Å²) in [6.45, 7) is 5.05. The van der Waals surface area contributed by atoms with Gasteiger partial charge in [-0.05, 0) is 30.2 Å². The molecule has 170 valence electrons. The first-order chi connectivity index (χ1) is 15.4. The second kappa shape index (κ2) is 10.9. The Morgan fingerprint density at radius 1 is 1.09 bits per heavy atom. The lowest BCUT2D eigenvalue weighted by Gasteiger charge is -2.24. The minimum Gasteiger partial charge on any atom is -0.493 e. The highest BCUT2D eigenvalue weighted by Gasteiger charge is 2.21. The fourth-order valence-corrected chi connectivity index (χ4v) is 3.94. The SMILES string of the molecule is COc1cccc(OC)c1OCc1nc(CN(CC(C)C)C(=O)c2ccccc2F)cs1. The monoisotopic (exact) mass is 458 g/mol. The molecule has 32 heavy (non-hydrogen) atoms. The number of nitrogens with zero attached hydrogens (tertiary/aromatic N) is 2. The summed E-state index contributed by atoms with van der Waals surface area (Å²) in [4.78, 5) is 19.2. The fraction of sp³-hybridized carbons (Fsp3) is 0.333. The number of benzene rings is 2. The molecule has 1 aromatic heterocycles. The van der Waals surface area contributed by atoms with Crippen molar-refractivity contribution >= 4 is 17.2 Å². The molecule has 0 unspecified atom stereocenters. The molecule has 0 bridgehead atoms. The van der Waals surface area contributed by atoms with Crippen LogP contribution in [0.5, 0.6) is 17.2 Å². The zero-order chi connectivity index (χ0) is 23.1. The molecule has 0 fully saturated rings. The molecule has 1 amide bonds. The Morgan fingerprint density at radius 3 is 2.41 bits per heavy atom. The number of aromatic nitrogens is 1. The van der Waals surface area contributed by atoms with Crippen LogP contribution in [0.4, 0.5) is 4.39 Å². The first-order valence-electron chi connectivity index (χ1n) is 10.2. The molecule has 0 aliphatic carbocycles. The third-order valence-electron chi connectivity index (χ3n) is 4.65. The summed E-state index contributed by atoms with van der Waals surface area (Å²) in [7, 11) is 3.14. The summed E-state index contributed by atoms with van der Waals surface area (Å²) < 4.78 is 30.8. The Labute approximate surface area is 191 Å². The Balaban J connectivity index is 1.72. The highest BCUT2D eigenvalue weighted by atomic mass is 32.1. The van der Waals surface area contributed by atoms with E-state index >= 15 is 0 Å². The number of halogens is 1. The maximum absolute atomic E-state index is 14.2. The number of methoxy groups -OCH3 is 2. The van der Waals surface area contributed by atoms with E-state index in [1.54, 1.807) is 43.4 Å². The van der Waals surface area contributed by atoms with Gasteiger partial charge < -0.3 is 19.1 Å². The predicted octanol–water partition coefficient (Wildman–Crippen LogP) is 5.18. The van der Waals surface area contributed by atoms with E-state index in [1.807, 2.05) is 25.3 Å². The summed E-state index contributed by atoms with van der Waals surface area (Å²) >= 11 is 1.44. The van der Waals surface area contributed by atoms with E-state index in [4.69, 9.17) is 14.2 Å². The number of hydrogen-bond donors (Lipinski definition) is 0. The molecule has 0 aliphatic heterocycles. The van der Waals surface area contributed by atoms with Crippen molar-refractivity contribution in [3.63, 3.8) is 0 Å². The minimum atomic E-state index is -0.524. The van der Waals surface area contributed by atoms with Crippen LogP contribution < -0.4 is 14.2 Å². The smallest absolute Gasteiger partial charge is 0.257 e. The summed E-state index contributed by atoms with van der Waals surface area (Å²) in [5.74, 6) is 1.00. The van der Waals surface area contributed by atoms with E-state index in [9.17, 15) is 9.18 Å². The van der Waals surface area contributed by atoms with Crippen molar-refractivity contribution in [1.29, 1.82) is 0 Å². The van der Waals surface area contributed by atoms with Gasteiger partial charge in [-0.15, -0.1) is 11.3 Å². The molecule has 6 nitrogen and oxygen atoms in total. The van der Waals surface area contributed by atoms with E-state index in [2.05, 4.69) is 4.98 Å². The maximum atomic E-state index is 14.2. The molecule has 0 spiro atoms. The van der Waals surface area contributed by atoms with Gasteiger partial charge in [0.25, 0.3) is 5.91 Å². The lowest BCUT2D eigenvalue weighted by molar-refractivity contribution is 0.0716. The van der Waals surface area contributed by atoms with Gasteiger partial charge >= 0.3 is 0 Å². The zero-order valence-corrected chi connectivity index (χ0v) is 19.4. The first kappa shape index (κ1) is 23.5. The Hall–Kier alpha value is -3.13. The van der Waals surface area contributed by atoms with E-state index < -0.39 is 5.82 Å². The minimum absolute atomic E-state index is 0.0650. The second-order valence-corrected chi connectivity index (χ2v) is 8.51. The number of hydrogen-bond acceptors (Lipinski definition) is 6. The highest BCUT2D eigenvalue weighted by Crippen LogP contribution is 2.37. The van der Waals surface area contributed by atoms with E-state index in [0.717, 1.165) is 10.7 Å².